The SMILES string of the molecule is CC1CCC(C(=O)NCCc2ccc(CO)cc2)CC1. The number of aliphatic hydroxyl groups excluding tert-OH is 1. The van der Waals surface area contributed by atoms with Gasteiger partial charge in [0.2, 0.25) is 5.91 Å². The lowest BCUT2D eigenvalue weighted by atomic mass is 9.82. The lowest BCUT2D eigenvalue weighted by Crippen LogP contribution is -2.34. The highest BCUT2D eigenvalue weighted by Gasteiger charge is 2.23. The molecule has 110 valence electrons. The molecule has 0 aliphatic heterocycles. The molecule has 0 radical (unpaired) electrons. The second-order valence-corrected chi connectivity index (χ2v) is 5.97. The van der Waals surface area contributed by atoms with Crippen LogP contribution in [0.5, 0.6) is 0 Å². The van der Waals surface area contributed by atoms with E-state index in [4.69, 9.17) is 5.11 Å². The molecule has 1 fully saturated rings. The van der Waals surface area contributed by atoms with Gasteiger partial charge >= 0.3 is 0 Å². The van der Waals surface area contributed by atoms with E-state index >= 15 is 0 Å². The number of carbonyl (C=O) groups is 1. The molecule has 3 nitrogen and oxygen atoms in total. The van der Waals surface area contributed by atoms with Gasteiger partial charge in [-0.3, -0.25) is 4.79 Å². The smallest absolute Gasteiger partial charge is 0.223 e. The molecule has 0 saturated heterocycles. The average molecular weight is 275 g/mol. The Balaban J connectivity index is 1.70. The topological polar surface area (TPSA) is 49.3 Å². The molecule has 0 aromatic heterocycles. The maximum absolute atomic E-state index is 12.1. The molecule has 0 heterocycles. The van der Waals surface area contributed by atoms with Crippen LogP contribution in [-0.2, 0) is 17.8 Å². The Hall–Kier alpha value is -1.35. The predicted molar refractivity (Wildman–Crippen MR) is 80.2 cm³/mol. The molecule has 1 aliphatic carbocycles. The molecule has 1 aliphatic rings. The third kappa shape index (κ3) is 4.34. The van der Waals surface area contributed by atoms with Gasteiger partial charge in [0.25, 0.3) is 0 Å². The molecule has 0 atom stereocenters. The normalized spacial score (nSPS) is 22.5. The van der Waals surface area contributed by atoms with Crippen LogP contribution in [0.1, 0.15) is 43.7 Å². The molecule has 0 unspecified atom stereocenters. The van der Waals surface area contributed by atoms with Crippen molar-refractivity contribution in [2.45, 2.75) is 45.6 Å². The maximum atomic E-state index is 12.1. The number of amides is 1. The highest BCUT2D eigenvalue weighted by Crippen LogP contribution is 2.28. The van der Waals surface area contributed by atoms with Crippen LogP contribution in [0.2, 0.25) is 0 Å². The lowest BCUT2D eigenvalue weighted by Gasteiger charge is -2.25. The van der Waals surface area contributed by atoms with Gasteiger partial charge in [-0.1, -0.05) is 31.2 Å². The summed E-state index contributed by atoms with van der Waals surface area (Å²) in [6.07, 6.45) is 5.29. The largest absolute Gasteiger partial charge is 0.392 e. The summed E-state index contributed by atoms with van der Waals surface area (Å²) < 4.78 is 0. The Morgan fingerprint density at radius 1 is 1.15 bits per heavy atom. The summed E-state index contributed by atoms with van der Waals surface area (Å²) in [7, 11) is 0. The van der Waals surface area contributed by atoms with Crippen molar-refractivity contribution in [3.63, 3.8) is 0 Å². The lowest BCUT2D eigenvalue weighted by molar-refractivity contribution is -0.126. The second kappa shape index (κ2) is 7.44. The average Bonchev–Trinajstić information content (AvgIpc) is 2.48. The Morgan fingerprint density at radius 3 is 2.35 bits per heavy atom. The zero-order valence-corrected chi connectivity index (χ0v) is 12.3. The van der Waals surface area contributed by atoms with Gasteiger partial charge in [-0.05, 0) is 49.1 Å². The van der Waals surface area contributed by atoms with Gasteiger partial charge in [0.1, 0.15) is 0 Å². The summed E-state index contributed by atoms with van der Waals surface area (Å²) in [5.74, 6) is 1.23. The van der Waals surface area contributed by atoms with Crippen LogP contribution < -0.4 is 5.32 Å². The van der Waals surface area contributed by atoms with Crippen LogP contribution in [-0.4, -0.2) is 17.6 Å². The summed E-state index contributed by atoms with van der Waals surface area (Å²) in [4.78, 5) is 12.1. The quantitative estimate of drug-likeness (QED) is 0.868. The fourth-order valence-corrected chi connectivity index (χ4v) is 2.81. The summed E-state index contributed by atoms with van der Waals surface area (Å²) in [5.41, 5.74) is 2.12. The van der Waals surface area contributed by atoms with E-state index in [2.05, 4.69) is 12.2 Å². The molecule has 1 amide bonds. The fourth-order valence-electron chi connectivity index (χ4n) is 2.81. The Labute approximate surface area is 121 Å². The van der Waals surface area contributed by atoms with Crippen molar-refractivity contribution in [1.82, 2.24) is 5.32 Å². The van der Waals surface area contributed by atoms with Crippen LogP contribution in [0.25, 0.3) is 0 Å². The molecule has 0 bridgehead atoms. The zero-order valence-electron chi connectivity index (χ0n) is 12.3. The van der Waals surface area contributed by atoms with Gasteiger partial charge in [0.05, 0.1) is 6.61 Å². The van der Waals surface area contributed by atoms with Gasteiger partial charge in [-0.2, -0.15) is 0 Å². The molecule has 1 saturated carbocycles. The third-order valence-corrected chi connectivity index (χ3v) is 4.31. The van der Waals surface area contributed by atoms with Crippen molar-refractivity contribution in [2.75, 3.05) is 6.54 Å². The summed E-state index contributed by atoms with van der Waals surface area (Å²) in [6, 6.07) is 7.89. The van der Waals surface area contributed by atoms with Gasteiger partial charge in [-0.25, -0.2) is 0 Å². The first-order valence-electron chi connectivity index (χ1n) is 7.65. The van der Waals surface area contributed by atoms with Gasteiger partial charge in [0, 0.05) is 12.5 Å². The van der Waals surface area contributed by atoms with Crippen LogP contribution in [0.15, 0.2) is 24.3 Å². The Kier molecular flexibility index (Phi) is 5.60. The molecule has 2 rings (SSSR count). The molecule has 2 N–H and O–H groups in total. The summed E-state index contributed by atoms with van der Waals surface area (Å²) >= 11 is 0. The minimum Gasteiger partial charge on any atom is -0.392 e. The molecule has 20 heavy (non-hydrogen) atoms. The maximum Gasteiger partial charge on any atom is 0.223 e. The van der Waals surface area contributed by atoms with Crippen molar-refractivity contribution >= 4 is 5.91 Å². The molecular weight excluding hydrogens is 250 g/mol. The van der Waals surface area contributed by atoms with Crippen molar-refractivity contribution in [3.8, 4) is 0 Å². The highest BCUT2D eigenvalue weighted by atomic mass is 16.3. The van der Waals surface area contributed by atoms with Crippen LogP contribution >= 0.6 is 0 Å². The van der Waals surface area contributed by atoms with E-state index in [1.807, 2.05) is 24.3 Å². The fraction of sp³-hybridized carbons (Fsp3) is 0.588. The van der Waals surface area contributed by atoms with E-state index < -0.39 is 0 Å². The minimum atomic E-state index is 0.0805. The van der Waals surface area contributed by atoms with Crippen molar-refractivity contribution < 1.29 is 9.90 Å². The molecule has 0 spiro atoms. The minimum absolute atomic E-state index is 0.0805. The number of rotatable bonds is 5. The van der Waals surface area contributed by atoms with Crippen LogP contribution in [0.3, 0.4) is 0 Å². The first-order chi connectivity index (χ1) is 9.69. The number of hydrogen-bond acceptors (Lipinski definition) is 2. The predicted octanol–water partition coefficient (Wildman–Crippen LogP) is 2.66. The Morgan fingerprint density at radius 2 is 1.75 bits per heavy atom. The Bertz CT molecular complexity index is 419. The van der Waals surface area contributed by atoms with E-state index in [0.717, 1.165) is 30.7 Å². The monoisotopic (exact) mass is 275 g/mol. The number of nitrogens with one attached hydrogen (secondary N) is 1. The first-order valence-corrected chi connectivity index (χ1v) is 7.65. The van der Waals surface area contributed by atoms with E-state index in [1.54, 1.807) is 0 Å². The molecule has 1 aromatic rings. The highest BCUT2D eigenvalue weighted by molar-refractivity contribution is 5.78. The number of aliphatic hydroxyl groups is 1. The van der Waals surface area contributed by atoms with Crippen molar-refractivity contribution in [2.24, 2.45) is 11.8 Å². The standard InChI is InChI=1S/C17H25NO2/c1-13-2-8-16(9-3-13)17(20)18-11-10-14-4-6-15(12-19)7-5-14/h4-7,13,16,19H,2-3,8-12H2,1H3,(H,18,20). The zero-order chi connectivity index (χ0) is 14.4. The molecule has 3 heteroatoms. The van der Waals surface area contributed by atoms with Crippen LogP contribution in [0, 0.1) is 11.8 Å². The molecular formula is C17H25NO2. The van der Waals surface area contributed by atoms with Gasteiger partial charge in [-0.15, -0.1) is 0 Å². The second-order valence-electron chi connectivity index (χ2n) is 5.97. The first kappa shape index (κ1) is 15.0. The van der Waals surface area contributed by atoms with E-state index in [1.165, 1.54) is 18.4 Å². The summed E-state index contributed by atoms with van der Waals surface area (Å²) in [6.45, 7) is 3.05. The van der Waals surface area contributed by atoms with Crippen molar-refractivity contribution in [1.29, 1.82) is 0 Å². The van der Waals surface area contributed by atoms with E-state index in [9.17, 15) is 4.79 Å². The summed E-state index contributed by atoms with van der Waals surface area (Å²) in [5, 5.41) is 12.0. The molecule has 1 aromatic carbocycles. The van der Waals surface area contributed by atoms with Crippen LogP contribution in [0.4, 0.5) is 0 Å². The third-order valence-electron chi connectivity index (χ3n) is 4.31. The van der Waals surface area contributed by atoms with E-state index in [-0.39, 0.29) is 18.4 Å². The number of hydrogen-bond donors (Lipinski definition) is 2. The number of carbonyl (C=O) groups excluding carboxylic acids is 1. The van der Waals surface area contributed by atoms with Crippen molar-refractivity contribution in [3.05, 3.63) is 35.4 Å². The van der Waals surface area contributed by atoms with Gasteiger partial charge in [0.15, 0.2) is 0 Å². The van der Waals surface area contributed by atoms with Gasteiger partial charge < -0.3 is 10.4 Å². The van der Waals surface area contributed by atoms with E-state index in [0.29, 0.717) is 6.54 Å². The number of benzene rings is 1.